The van der Waals surface area contributed by atoms with Crippen LogP contribution < -0.4 is 10.6 Å². The molecule has 0 atom stereocenters. The molecule has 1 aliphatic rings. The van der Waals surface area contributed by atoms with E-state index in [2.05, 4.69) is 4.99 Å². The van der Waals surface area contributed by atoms with Crippen molar-refractivity contribution in [3.05, 3.63) is 29.3 Å². The summed E-state index contributed by atoms with van der Waals surface area (Å²) < 4.78 is 0. The van der Waals surface area contributed by atoms with Crippen LogP contribution in [0.1, 0.15) is 11.1 Å². The Morgan fingerprint density at radius 3 is 3.07 bits per heavy atom. The fraction of sp³-hybridized carbons (Fsp3) is 0.200. The number of carboxylic acid groups (broad SMARTS) is 1. The molecule has 2 N–H and O–H groups in total. The summed E-state index contributed by atoms with van der Waals surface area (Å²) in [5.41, 5.74) is 4.31. The number of carbonyl (C=O) groups is 1. The van der Waals surface area contributed by atoms with E-state index in [0.29, 0.717) is 23.5 Å². The Hall–Kier alpha value is -1.88. The lowest BCUT2D eigenvalue weighted by molar-refractivity contribution is -0.304. The van der Waals surface area contributed by atoms with Crippen LogP contribution in [-0.2, 0) is 17.6 Å². The highest BCUT2D eigenvalue weighted by Gasteiger charge is 2.13. The molecule has 1 aliphatic heterocycles. The van der Waals surface area contributed by atoms with Crippen molar-refractivity contribution in [2.75, 3.05) is 0 Å². The average molecular weight is 205 g/mol. The Morgan fingerprint density at radius 2 is 2.40 bits per heavy atom. The molecule has 15 heavy (non-hydrogen) atoms. The first-order valence-electron chi connectivity index (χ1n) is 4.48. The zero-order valence-corrected chi connectivity index (χ0v) is 7.86. The molecule has 0 aliphatic carbocycles. The maximum Gasteiger partial charge on any atom is 0.130 e. The van der Waals surface area contributed by atoms with Crippen molar-refractivity contribution in [1.82, 2.24) is 5.48 Å². The van der Waals surface area contributed by atoms with Crippen LogP contribution in [0.4, 0.5) is 5.69 Å². The van der Waals surface area contributed by atoms with E-state index in [1.165, 1.54) is 0 Å². The number of amidine groups is 1. The number of hydroxylamine groups is 1. The molecular weight excluding hydrogens is 196 g/mol. The molecule has 2 rings (SSSR count). The molecule has 1 aromatic rings. The number of hydrogen-bond donors (Lipinski definition) is 2. The molecule has 0 amide bonds. The maximum absolute atomic E-state index is 10.4. The van der Waals surface area contributed by atoms with Gasteiger partial charge in [-0.25, -0.2) is 4.99 Å². The van der Waals surface area contributed by atoms with Crippen LogP contribution in [0.3, 0.4) is 0 Å². The Kier molecular flexibility index (Phi) is 2.39. The lowest BCUT2D eigenvalue weighted by atomic mass is 10.1. The summed E-state index contributed by atoms with van der Waals surface area (Å²) in [6.07, 6.45) is 0.419. The van der Waals surface area contributed by atoms with Crippen LogP contribution >= 0.6 is 0 Å². The molecule has 78 valence electrons. The molecule has 0 saturated carbocycles. The Morgan fingerprint density at radius 1 is 1.60 bits per heavy atom. The zero-order valence-electron chi connectivity index (χ0n) is 7.86. The number of benzene rings is 1. The van der Waals surface area contributed by atoms with E-state index in [-0.39, 0.29) is 6.42 Å². The summed E-state index contributed by atoms with van der Waals surface area (Å²) in [4.78, 5) is 14.5. The topological polar surface area (TPSA) is 84.8 Å². The predicted octanol–water partition coefficient (Wildman–Crippen LogP) is -0.456. The van der Waals surface area contributed by atoms with E-state index in [1.54, 1.807) is 18.2 Å². The number of carboxylic acids is 1. The number of fused-ring (bicyclic) bond motifs is 1. The van der Waals surface area contributed by atoms with Crippen molar-refractivity contribution in [1.29, 1.82) is 0 Å². The third-order valence-electron chi connectivity index (χ3n) is 2.24. The van der Waals surface area contributed by atoms with Crippen molar-refractivity contribution in [2.24, 2.45) is 4.99 Å². The maximum atomic E-state index is 10.4. The van der Waals surface area contributed by atoms with Crippen molar-refractivity contribution in [3.8, 4) is 0 Å². The number of carbonyl (C=O) groups excluding carboxylic acids is 1. The van der Waals surface area contributed by atoms with Gasteiger partial charge in [0.15, 0.2) is 0 Å². The van der Waals surface area contributed by atoms with E-state index in [4.69, 9.17) is 5.21 Å². The molecule has 0 saturated heterocycles. The van der Waals surface area contributed by atoms with Crippen LogP contribution in [0.15, 0.2) is 23.2 Å². The Bertz CT molecular complexity index is 440. The second kappa shape index (κ2) is 3.70. The molecular formula is C10H9N2O3-. The number of hydrogen-bond acceptors (Lipinski definition) is 5. The van der Waals surface area contributed by atoms with Gasteiger partial charge in [0, 0.05) is 18.8 Å². The molecule has 0 fully saturated rings. The third-order valence-corrected chi connectivity index (χ3v) is 2.24. The number of rotatable bonds is 2. The third kappa shape index (κ3) is 1.97. The zero-order chi connectivity index (χ0) is 10.8. The van der Waals surface area contributed by atoms with Gasteiger partial charge in [-0.05, 0) is 17.2 Å². The number of aliphatic carboxylic acids is 1. The van der Waals surface area contributed by atoms with E-state index >= 15 is 0 Å². The van der Waals surface area contributed by atoms with Gasteiger partial charge in [0.1, 0.15) is 5.84 Å². The molecule has 5 heteroatoms. The van der Waals surface area contributed by atoms with Crippen molar-refractivity contribution in [2.45, 2.75) is 12.8 Å². The van der Waals surface area contributed by atoms with E-state index in [9.17, 15) is 9.90 Å². The summed E-state index contributed by atoms with van der Waals surface area (Å²) in [6, 6.07) is 5.22. The van der Waals surface area contributed by atoms with E-state index < -0.39 is 5.97 Å². The lowest BCUT2D eigenvalue weighted by Crippen LogP contribution is -2.24. The van der Waals surface area contributed by atoms with Gasteiger partial charge >= 0.3 is 0 Å². The smallest absolute Gasteiger partial charge is 0.130 e. The minimum absolute atomic E-state index is 0.120. The molecule has 1 aromatic carbocycles. The number of aliphatic imine (C=N–C) groups is 1. The highest BCUT2D eigenvalue weighted by Crippen LogP contribution is 2.27. The summed E-state index contributed by atoms with van der Waals surface area (Å²) in [6.45, 7) is 0. The van der Waals surface area contributed by atoms with Gasteiger partial charge in [-0.3, -0.25) is 10.7 Å². The molecule has 0 unspecified atom stereocenters. The summed E-state index contributed by atoms with van der Waals surface area (Å²) in [5, 5.41) is 19.1. The first kappa shape index (κ1) is 9.67. The van der Waals surface area contributed by atoms with Gasteiger partial charge in [0.25, 0.3) is 0 Å². The van der Waals surface area contributed by atoms with Gasteiger partial charge in [-0.15, -0.1) is 0 Å². The van der Waals surface area contributed by atoms with Crippen molar-refractivity contribution < 1.29 is 15.1 Å². The van der Waals surface area contributed by atoms with E-state index in [1.807, 2.05) is 5.48 Å². The monoisotopic (exact) mass is 205 g/mol. The van der Waals surface area contributed by atoms with Crippen molar-refractivity contribution in [3.63, 3.8) is 0 Å². The standard InChI is InChI=1S/C10H10N2O3/c13-10(14)4-6-1-2-7-5-9(12-15)11-8(7)3-6/h1-3,15H,4-5H2,(H,11,12)(H,13,14)/p-1. The average Bonchev–Trinajstić information content (AvgIpc) is 2.58. The Labute approximate surface area is 86.0 Å². The van der Waals surface area contributed by atoms with Gasteiger partial charge in [0.05, 0.1) is 5.69 Å². The van der Waals surface area contributed by atoms with Crippen LogP contribution in [0.5, 0.6) is 0 Å². The second-order valence-electron chi connectivity index (χ2n) is 3.36. The van der Waals surface area contributed by atoms with Crippen LogP contribution in [0, 0.1) is 0 Å². The predicted molar refractivity (Wildman–Crippen MR) is 50.9 cm³/mol. The van der Waals surface area contributed by atoms with Crippen LogP contribution in [0.25, 0.3) is 0 Å². The second-order valence-corrected chi connectivity index (χ2v) is 3.36. The normalized spacial score (nSPS) is 13.3. The first-order valence-corrected chi connectivity index (χ1v) is 4.48. The SMILES string of the molecule is O=C([O-])Cc1ccc2c(c1)N=C(NO)C2. The molecule has 0 radical (unpaired) electrons. The van der Waals surface area contributed by atoms with Crippen LogP contribution in [-0.4, -0.2) is 17.0 Å². The molecule has 0 aromatic heterocycles. The van der Waals surface area contributed by atoms with E-state index in [0.717, 1.165) is 5.56 Å². The number of nitrogens with zero attached hydrogens (tertiary/aromatic N) is 1. The summed E-state index contributed by atoms with van der Waals surface area (Å²) in [7, 11) is 0. The first-order chi connectivity index (χ1) is 7.19. The molecule has 0 bridgehead atoms. The van der Waals surface area contributed by atoms with Gasteiger partial charge in [0.2, 0.25) is 0 Å². The molecule has 0 spiro atoms. The number of nitrogens with one attached hydrogen (secondary N) is 1. The van der Waals surface area contributed by atoms with Gasteiger partial charge in [-0.2, -0.15) is 0 Å². The van der Waals surface area contributed by atoms with Crippen LogP contribution in [0.2, 0.25) is 0 Å². The fourth-order valence-corrected chi connectivity index (χ4v) is 1.57. The molecule has 1 heterocycles. The van der Waals surface area contributed by atoms with Crippen molar-refractivity contribution >= 4 is 17.5 Å². The summed E-state index contributed by atoms with van der Waals surface area (Å²) >= 11 is 0. The Balaban J connectivity index is 2.27. The lowest BCUT2D eigenvalue weighted by Gasteiger charge is -2.03. The largest absolute Gasteiger partial charge is 0.550 e. The fourth-order valence-electron chi connectivity index (χ4n) is 1.57. The molecule has 5 nitrogen and oxygen atoms in total. The summed E-state index contributed by atoms with van der Waals surface area (Å²) in [5.74, 6) is -0.645. The quantitative estimate of drug-likeness (QED) is 0.640. The minimum Gasteiger partial charge on any atom is -0.550 e. The van der Waals surface area contributed by atoms with Gasteiger partial charge < -0.3 is 9.90 Å². The highest BCUT2D eigenvalue weighted by atomic mass is 16.5. The highest BCUT2D eigenvalue weighted by molar-refractivity contribution is 5.91. The van der Waals surface area contributed by atoms with Gasteiger partial charge in [-0.1, -0.05) is 12.1 Å². The minimum atomic E-state index is -1.11.